The highest BCUT2D eigenvalue weighted by Gasteiger charge is 2.33. The smallest absolute Gasteiger partial charge is 0.337 e. The van der Waals surface area contributed by atoms with Crippen molar-refractivity contribution in [2.24, 2.45) is 0 Å². The summed E-state index contributed by atoms with van der Waals surface area (Å²) < 4.78 is 51.4. The lowest BCUT2D eigenvalue weighted by Gasteiger charge is -2.35. The molecule has 138 valence electrons. The van der Waals surface area contributed by atoms with Gasteiger partial charge >= 0.3 is 6.18 Å². The molecule has 0 aliphatic carbocycles. The molecule has 2 heterocycles. The zero-order valence-corrected chi connectivity index (χ0v) is 14.1. The van der Waals surface area contributed by atoms with E-state index in [-0.39, 0.29) is 48.6 Å². The molecule has 0 atom stereocenters. The number of benzene rings is 1. The normalized spacial score (nSPS) is 15.3. The summed E-state index contributed by atoms with van der Waals surface area (Å²) in [6, 6.07) is 4.31. The Morgan fingerprint density at radius 1 is 1.12 bits per heavy atom. The van der Waals surface area contributed by atoms with Gasteiger partial charge in [-0.25, -0.2) is 14.4 Å². The maximum atomic E-state index is 13.1. The van der Waals surface area contributed by atoms with Crippen molar-refractivity contribution in [2.45, 2.75) is 6.18 Å². The lowest BCUT2D eigenvalue weighted by molar-refractivity contribution is -0.141. The van der Waals surface area contributed by atoms with E-state index >= 15 is 0 Å². The van der Waals surface area contributed by atoms with E-state index in [1.54, 1.807) is 4.90 Å². The molecule has 0 N–H and O–H groups in total. The Morgan fingerprint density at radius 3 is 2.42 bits per heavy atom. The van der Waals surface area contributed by atoms with E-state index in [1.807, 2.05) is 0 Å². The van der Waals surface area contributed by atoms with Crippen LogP contribution in [0.4, 0.5) is 23.5 Å². The predicted octanol–water partition coefficient (Wildman–Crippen LogP) is 3.25. The molecule has 0 bridgehead atoms. The van der Waals surface area contributed by atoms with Crippen LogP contribution in [0.5, 0.6) is 0 Å². The van der Waals surface area contributed by atoms with E-state index in [0.717, 1.165) is 24.4 Å². The fraction of sp³-hybridized carbons (Fsp3) is 0.312. The summed E-state index contributed by atoms with van der Waals surface area (Å²) in [4.78, 5) is 23.0. The van der Waals surface area contributed by atoms with E-state index in [1.165, 1.54) is 11.0 Å². The molecule has 0 unspecified atom stereocenters. The second kappa shape index (κ2) is 7.06. The van der Waals surface area contributed by atoms with Crippen LogP contribution in [-0.4, -0.2) is 47.0 Å². The number of carbonyl (C=O) groups excluding carboxylic acids is 1. The number of alkyl halides is 3. The molecule has 1 aromatic carbocycles. The van der Waals surface area contributed by atoms with Crippen molar-refractivity contribution in [3.8, 4) is 0 Å². The quantitative estimate of drug-likeness (QED) is 0.741. The third-order valence-electron chi connectivity index (χ3n) is 3.94. The highest BCUT2D eigenvalue weighted by molar-refractivity contribution is 6.33. The van der Waals surface area contributed by atoms with E-state index in [9.17, 15) is 22.4 Å². The van der Waals surface area contributed by atoms with Crippen molar-refractivity contribution in [1.29, 1.82) is 0 Å². The van der Waals surface area contributed by atoms with Crippen LogP contribution >= 0.6 is 11.6 Å². The number of rotatable bonds is 2. The molecule has 2 aromatic rings. The van der Waals surface area contributed by atoms with Gasteiger partial charge in [0.05, 0.1) is 10.6 Å². The molecule has 5 nitrogen and oxygen atoms in total. The van der Waals surface area contributed by atoms with Crippen LogP contribution in [0.25, 0.3) is 0 Å². The fourth-order valence-corrected chi connectivity index (χ4v) is 2.85. The summed E-state index contributed by atoms with van der Waals surface area (Å²) >= 11 is 5.90. The number of carbonyl (C=O) groups is 1. The van der Waals surface area contributed by atoms with E-state index in [2.05, 4.69) is 9.97 Å². The Hall–Kier alpha value is -2.42. The first-order valence-electron chi connectivity index (χ1n) is 7.65. The molecule has 10 heteroatoms. The molecule has 1 aliphatic heterocycles. The molecule has 0 radical (unpaired) electrons. The molecule has 3 rings (SSSR count). The summed E-state index contributed by atoms with van der Waals surface area (Å²) in [5, 5.41) is 0.0126. The van der Waals surface area contributed by atoms with Gasteiger partial charge in [-0.15, -0.1) is 0 Å². The topological polar surface area (TPSA) is 49.3 Å². The minimum atomic E-state index is -4.55. The molecular weight excluding hydrogens is 376 g/mol. The summed E-state index contributed by atoms with van der Waals surface area (Å²) in [6.07, 6.45) is -3.49. The number of hydrogen-bond donors (Lipinski definition) is 0. The lowest BCUT2D eigenvalue weighted by atomic mass is 10.1. The van der Waals surface area contributed by atoms with Gasteiger partial charge in [-0.3, -0.25) is 4.79 Å². The van der Waals surface area contributed by atoms with Crippen LogP contribution in [-0.2, 0) is 6.18 Å². The summed E-state index contributed by atoms with van der Waals surface area (Å²) in [6.45, 7) is 1.05. The van der Waals surface area contributed by atoms with E-state index < -0.39 is 17.7 Å². The van der Waals surface area contributed by atoms with Crippen molar-refractivity contribution in [3.63, 3.8) is 0 Å². The number of nitrogens with zero attached hydrogens (tertiary/aromatic N) is 4. The first-order valence-corrected chi connectivity index (χ1v) is 8.03. The first-order chi connectivity index (χ1) is 12.3. The molecule has 1 saturated heterocycles. The average molecular weight is 389 g/mol. The summed E-state index contributed by atoms with van der Waals surface area (Å²) in [5.74, 6) is -0.940. The molecule has 1 amide bonds. The lowest BCUT2D eigenvalue weighted by Crippen LogP contribution is -2.49. The van der Waals surface area contributed by atoms with Crippen LogP contribution in [0.3, 0.4) is 0 Å². The zero-order valence-electron chi connectivity index (χ0n) is 13.3. The molecule has 1 fully saturated rings. The average Bonchev–Trinajstić information content (AvgIpc) is 2.61. The Labute approximate surface area is 151 Å². The largest absolute Gasteiger partial charge is 0.433 e. The molecule has 1 aliphatic rings. The van der Waals surface area contributed by atoms with Crippen LogP contribution in [0.15, 0.2) is 30.5 Å². The molecule has 1 aromatic heterocycles. The minimum absolute atomic E-state index is 0.0126. The SMILES string of the molecule is O=C(c1ccc(F)cc1Cl)N1CCN(c2nccc(C(F)(F)F)n2)CC1. The van der Waals surface area contributed by atoms with Crippen molar-refractivity contribution >= 4 is 23.5 Å². The van der Waals surface area contributed by atoms with Crippen molar-refractivity contribution < 1.29 is 22.4 Å². The molecule has 0 spiro atoms. The molecular formula is C16H13ClF4N4O. The number of amides is 1. The van der Waals surface area contributed by atoms with Crippen molar-refractivity contribution in [3.05, 3.63) is 52.6 Å². The van der Waals surface area contributed by atoms with Gasteiger partial charge < -0.3 is 9.80 Å². The van der Waals surface area contributed by atoms with E-state index in [4.69, 9.17) is 11.6 Å². The van der Waals surface area contributed by atoms with Crippen molar-refractivity contribution in [2.75, 3.05) is 31.1 Å². The van der Waals surface area contributed by atoms with Gasteiger partial charge in [0.25, 0.3) is 5.91 Å². The Balaban J connectivity index is 1.68. The third kappa shape index (κ3) is 3.87. The Bertz CT molecular complexity index is 822. The van der Waals surface area contributed by atoms with Gasteiger partial charge in [0.2, 0.25) is 5.95 Å². The van der Waals surface area contributed by atoms with Gasteiger partial charge in [-0.2, -0.15) is 13.2 Å². The van der Waals surface area contributed by atoms with Gasteiger partial charge in [-0.1, -0.05) is 11.6 Å². The zero-order chi connectivity index (χ0) is 18.9. The third-order valence-corrected chi connectivity index (χ3v) is 4.26. The monoisotopic (exact) mass is 388 g/mol. The fourth-order valence-electron chi connectivity index (χ4n) is 2.60. The standard InChI is InChI=1S/C16H13ClF4N4O/c17-12-9-10(18)1-2-11(12)14(26)24-5-7-25(8-6-24)15-22-4-3-13(23-15)16(19,20)21/h1-4,9H,5-8H2. The van der Waals surface area contributed by atoms with Crippen LogP contribution in [0, 0.1) is 5.82 Å². The summed E-state index contributed by atoms with van der Waals surface area (Å²) in [7, 11) is 0. The summed E-state index contributed by atoms with van der Waals surface area (Å²) in [5.41, 5.74) is -0.837. The molecule has 26 heavy (non-hydrogen) atoms. The maximum absolute atomic E-state index is 13.1. The highest BCUT2D eigenvalue weighted by atomic mass is 35.5. The van der Waals surface area contributed by atoms with Gasteiger partial charge in [0, 0.05) is 32.4 Å². The van der Waals surface area contributed by atoms with Crippen LogP contribution in [0.2, 0.25) is 5.02 Å². The van der Waals surface area contributed by atoms with Crippen molar-refractivity contribution in [1.82, 2.24) is 14.9 Å². The second-order valence-corrected chi connectivity index (χ2v) is 6.05. The first kappa shape index (κ1) is 18.4. The van der Waals surface area contributed by atoms with Gasteiger partial charge in [-0.05, 0) is 24.3 Å². The number of piperazine rings is 1. The highest BCUT2D eigenvalue weighted by Crippen LogP contribution is 2.28. The maximum Gasteiger partial charge on any atom is 0.433 e. The van der Waals surface area contributed by atoms with Gasteiger partial charge in [0.15, 0.2) is 0 Å². The van der Waals surface area contributed by atoms with E-state index in [0.29, 0.717) is 0 Å². The number of aromatic nitrogens is 2. The Morgan fingerprint density at radius 2 is 1.81 bits per heavy atom. The number of halogens is 5. The molecule has 0 saturated carbocycles. The van der Waals surface area contributed by atoms with Crippen LogP contribution in [0.1, 0.15) is 16.1 Å². The van der Waals surface area contributed by atoms with Crippen LogP contribution < -0.4 is 4.90 Å². The number of hydrogen-bond acceptors (Lipinski definition) is 4. The predicted molar refractivity (Wildman–Crippen MR) is 86.6 cm³/mol. The van der Waals surface area contributed by atoms with Gasteiger partial charge in [0.1, 0.15) is 11.5 Å². The Kier molecular flexibility index (Phi) is 4.99. The second-order valence-electron chi connectivity index (χ2n) is 5.64. The minimum Gasteiger partial charge on any atom is -0.337 e. The number of anilines is 1.